The number of hydrogen-bond donors (Lipinski definition) is 1. The Hall–Kier alpha value is -2.27. The van der Waals surface area contributed by atoms with Crippen molar-refractivity contribution in [2.75, 3.05) is 7.11 Å². The fraction of sp³-hybridized carbons (Fsp3) is 0.476. The van der Waals surface area contributed by atoms with Crippen LogP contribution in [0.1, 0.15) is 48.2 Å². The van der Waals surface area contributed by atoms with Crippen molar-refractivity contribution in [3.8, 4) is 5.75 Å². The summed E-state index contributed by atoms with van der Waals surface area (Å²) in [7, 11) is 1.73. The summed E-state index contributed by atoms with van der Waals surface area (Å²) in [5, 5.41) is 3.17. The number of nitrogens with one attached hydrogen (secondary N) is 1. The molecule has 0 saturated carbocycles. The molecule has 138 valence electrons. The van der Waals surface area contributed by atoms with Crippen molar-refractivity contribution in [2.45, 2.75) is 56.8 Å². The summed E-state index contributed by atoms with van der Waals surface area (Å²) >= 11 is 0. The molecule has 1 amide bonds. The monoisotopic (exact) mass is 354 g/mol. The Kier molecular flexibility index (Phi) is 4.98. The summed E-state index contributed by atoms with van der Waals surface area (Å²) in [6.07, 6.45) is 7.20. The summed E-state index contributed by atoms with van der Waals surface area (Å²) in [5.74, 6) is 1.25. The van der Waals surface area contributed by atoms with Crippen LogP contribution in [0.15, 0.2) is 47.1 Å². The number of piperidine rings is 2. The molecular weight excluding hydrogens is 328 g/mol. The fourth-order valence-corrected chi connectivity index (χ4v) is 4.55. The number of furan rings is 1. The molecular formula is C21H26N2O3. The van der Waals surface area contributed by atoms with Crippen LogP contribution in [0.25, 0.3) is 0 Å². The number of carbonyl (C=O) groups is 1. The van der Waals surface area contributed by atoms with Crippen LogP contribution in [-0.4, -0.2) is 36.0 Å². The third-order valence-corrected chi connectivity index (χ3v) is 5.75. The minimum atomic E-state index is -0.101. The lowest BCUT2D eigenvalue weighted by molar-refractivity contribution is 0.0170. The Morgan fingerprint density at radius 3 is 2.65 bits per heavy atom. The quantitative estimate of drug-likeness (QED) is 0.891. The Bertz CT molecular complexity index is 729. The van der Waals surface area contributed by atoms with Crippen molar-refractivity contribution in [3.63, 3.8) is 0 Å². The lowest BCUT2D eigenvalue weighted by Crippen LogP contribution is -2.56. The Labute approximate surface area is 154 Å². The highest BCUT2D eigenvalue weighted by atomic mass is 16.5. The van der Waals surface area contributed by atoms with E-state index in [1.54, 1.807) is 25.5 Å². The highest BCUT2D eigenvalue weighted by Crippen LogP contribution is 2.36. The Balaban J connectivity index is 1.44. The molecule has 2 aliphatic heterocycles. The predicted octanol–water partition coefficient (Wildman–Crippen LogP) is 3.60. The molecule has 1 aromatic carbocycles. The molecule has 26 heavy (non-hydrogen) atoms. The first-order valence-electron chi connectivity index (χ1n) is 9.46. The summed E-state index contributed by atoms with van der Waals surface area (Å²) < 4.78 is 10.8. The number of benzene rings is 1. The van der Waals surface area contributed by atoms with Gasteiger partial charge in [-0.15, -0.1) is 0 Å². The van der Waals surface area contributed by atoms with E-state index in [0.717, 1.165) is 25.1 Å². The zero-order valence-electron chi connectivity index (χ0n) is 15.2. The molecule has 0 aliphatic carbocycles. The van der Waals surface area contributed by atoms with Crippen molar-refractivity contribution in [1.82, 2.24) is 10.2 Å². The first-order valence-corrected chi connectivity index (χ1v) is 9.46. The van der Waals surface area contributed by atoms with Crippen LogP contribution in [0, 0.1) is 0 Å². The maximum Gasteiger partial charge on any atom is 0.287 e. The number of fused-ring (bicyclic) bond motifs is 2. The summed E-state index contributed by atoms with van der Waals surface area (Å²) in [5.41, 5.74) is 1.24. The topological polar surface area (TPSA) is 54.7 Å². The first kappa shape index (κ1) is 17.2. The molecule has 1 N–H and O–H groups in total. The second-order valence-electron chi connectivity index (χ2n) is 7.34. The first-order chi connectivity index (χ1) is 12.7. The van der Waals surface area contributed by atoms with E-state index < -0.39 is 0 Å². The molecule has 1 aromatic heterocycles. The van der Waals surface area contributed by atoms with Gasteiger partial charge in [0.15, 0.2) is 5.76 Å². The third-order valence-electron chi connectivity index (χ3n) is 5.75. The minimum Gasteiger partial charge on any atom is -0.496 e. The molecule has 5 nitrogen and oxygen atoms in total. The average Bonchev–Trinajstić information content (AvgIpc) is 3.17. The van der Waals surface area contributed by atoms with Crippen LogP contribution in [0.5, 0.6) is 5.75 Å². The van der Waals surface area contributed by atoms with Gasteiger partial charge in [0.25, 0.3) is 5.91 Å². The smallest absolute Gasteiger partial charge is 0.287 e. The van der Waals surface area contributed by atoms with E-state index in [9.17, 15) is 4.79 Å². The third kappa shape index (κ3) is 3.49. The molecule has 2 aromatic rings. The van der Waals surface area contributed by atoms with Gasteiger partial charge in [-0.3, -0.25) is 9.69 Å². The summed E-state index contributed by atoms with van der Waals surface area (Å²) in [6.45, 7) is 0.915. The molecule has 2 saturated heterocycles. The van der Waals surface area contributed by atoms with Gasteiger partial charge >= 0.3 is 0 Å². The summed E-state index contributed by atoms with van der Waals surface area (Å²) in [6, 6.07) is 13.0. The molecule has 2 bridgehead atoms. The van der Waals surface area contributed by atoms with Crippen LogP contribution in [0.4, 0.5) is 0 Å². The maximum atomic E-state index is 12.3. The second kappa shape index (κ2) is 7.54. The van der Waals surface area contributed by atoms with Crippen molar-refractivity contribution >= 4 is 5.91 Å². The van der Waals surface area contributed by atoms with Gasteiger partial charge in [-0.25, -0.2) is 0 Å². The Morgan fingerprint density at radius 1 is 1.19 bits per heavy atom. The Morgan fingerprint density at radius 2 is 1.96 bits per heavy atom. The minimum absolute atomic E-state index is 0.101. The summed E-state index contributed by atoms with van der Waals surface area (Å²) in [4.78, 5) is 14.9. The second-order valence-corrected chi connectivity index (χ2v) is 7.34. The van der Waals surface area contributed by atoms with E-state index in [1.807, 2.05) is 12.1 Å². The molecule has 0 radical (unpaired) electrons. The number of hydrogen-bond acceptors (Lipinski definition) is 4. The van der Waals surface area contributed by atoms with Crippen molar-refractivity contribution in [1.29, 1.82) is 0 Å². The molecule has 2 unspecified atom stereocenters. The van der Waals surface area contributed by atoms with Crippen molar-refractivity contribution in [3.05, 3.63) is 54.0 Å². The van der Waals surface area contributed by atoms with E-state index in [2.05, 4.69) is 22.3 Å². The molecule has 0 spiro atoms. The van der Waals surface area contributed by atoms with E-state index >= 15 is 0 Å². The molecule has 3 heterocycles. The number of para-hydroxylation sites is 1. The number of ether oxygens (including phenoxy) is 1. The van der Waals surface area contributed by atoms with Gasteiger partial charge < -0.3 is 14.5 Å². The number of amides is 1. The normalized spacial score (nSPS) is 25.7. The molecule has 2 aliphatic rings. The van der Waals surface area contributed by atoms with Gasteiger partial charge in [-0.05, 0) is 43.9 Å². The maximum absolute atomic E-state index is 12.3. The standard InChI is InChI=1S/C21H26N2O3/c1-25-19-9-3-2-6-15(19)14-23-17-7-4-8-18(23)13-16(12-17)22-21(24)20-10-5-11-26-20/h2-3,5-6,9-11,16-18H,4,7-8,12-14H2,1H3,(H,22,24). The van der Waals surface area contributed by atoms with Crippen LogP contribution < -0.4 is 10.1 Å². The van der Waals surface area contributed by atoms with Gasteiger partial charge in [0, 0.05) is 30.2 Å². The number of methoxy groups -OCH3 is 1. The molecule has 2 fully saturated rings. The van der Waals surface area contributed by atoms with Gasteiger partial charge in [0.2, 0.25) is 0 Å². The van der Waals surface area contributed by atoms with Crippen LogP contribution in [0.2, 0.25) is 0 Å². The zero-order chi connectivity index (χ0) is 17.9. The average molecular weight is 354 g/mol. The lowest BCUT2D eigenvalue weighted by atomic mass is 9.81. The fourth-order valence-electron chi connectivity index (χ4n) is 4.55. The van der Waals surface area contributed by atoms with Crippen LogP contribution in [-0.2, 0) is 6.54 Å². The van der Waals surface area contributed by atoms with Gasteiger partial charge in [-0.2, -0.15) is 0 Å². The highest BCUT2D eigenvalue weighted by Gasteiger charge is 2.39. The van der Waals surface area contributed by atoms with Gasteiger partial charge in [0.1, 0.15) is 5.75 Å². The van der Waals surface area contributed by atoms with Crippen molar-refractivity contribution in [2.24, 2.45) is 0 Å². The van der Waals surface area contributed by atoms with Crippen LogP contribution in [0.3, 0.4) is 0 Å². The molecule has 5 heteroatoms. The highest BCUT2D eigenvalue weighted by molar-refractivity contribution is 5.91. The van der Waals surface area contributed by atoms with Gasteiger partial charge in [-0.1, -0.05) is 24.6 Å². The van der Waals surface area contributed by atoms with Crippen molar-refractivity contribution < 1.29 is 13.9 Å². The van der Waals surface area contributed by atoms with E-state index in [1.165, 1.54) is 24.8 Å². The number of rotatable bonds is 5. The predicted molar refractivity (Wildman–Crippen MR) is 99.2 cm³/mol. The number of carbonyl (C=O) groups excluding carboxylic acids is 1. The lowest BCUT2D eigenvalue weighted by Gasteiger charge is -2.49. The number of nitrogens with zero attached hydrogens (tertiary/aromatic N) is 1. The SMILES string of the molecule is COc1ccccc1CN1C2CCCC1CC(NC(=O)c1ccco1)C2. The van der Waals surface area contributed by atoms with Crippen LogP contribution >= 0.6 is 0 Å². The molecule has 4 rings (SSSR count). The molecule has 2 atom stereocenters. The van der Waals surface area contributed by atoms with E-state index in [0.29, 0.717) is 17.8 Å². The van der Waals surface area contributed by atoms with E-state index in [-0.39, 0.29) is 11.9 Å². The largest absolute Gasteiger partial charge is 0.496 e. The van der Waals surface area contributed by atoms with Gasteiger partial charge in [0.05, 0.1) is 13.4 Å². The zero-order valence-corrected chi connectivity index (χ0v) is 15.2. The van der Waals surface area contributed by atoms with E-state index in [4.69, 9.17) is 9.15 Å².